The SMILES string of the molecule is COc1ccc(C)cc1CN1CCC(C(=O)O)(C(C)C)C1. The van der Waals surface area contributed by atoms with Crippen molar-refractivity contribution in [2.45, 2.75) is 33.7 Å². The zero-order valence-electron chi connectivity index (χ0n) is 13.3. The van der Waals surface area contributed by atoms with Gasteiger partial charge in [0.05, 0.1) is 12.5 Å². The number of aryl methyl sites for hydroxylation is 1. The fourth-order valence-corrected chi connectivity index (χ4v) is 3.21. The summed E-state index contributed by atoms with van der Waals surface area (Å²) in [5, 5.41) is 9.61. The van der Waals surface area contributed by atoms with Crippen molar-refractivity contribution in [3.63, 3.8) is 0 Å². The first-order chi connectivity index (χ1) is 9.89. The fraction of sp³-hybridized carbons (Fsp3) is 0.588. The van der Waals surface area contributed by atoms with Crippen molar-refractivity contribution in [1.82, 2.24) is 4.90 Å². The average Bonchev–Trinajstić information content (AvgIpc) is 2.84. The fourth-order valence-electron chi connectivity index (χ4n) is 3.21. The molecule has 1 N–H and O–H groups in total. The molecule has 2 rings (SSSR count). The molecule has 1 aliphatic heterocycles. The van der Waals surface area contributed by atoms with Crippen molar-refractivity contribution >= 4 is 5.97 Å². The first-order valence-electron chi connectivity index (χ1n) is 7.48. The number of carbonyl (C=O) groups is 1. The number of ether oxygens (including phenoxy) is 1. The lowest BCUT2D eigenvalue weighted by molar-refractivity contribution is -0.151. The second kappa shape index (κ2) is 6.06. The first kappa shape index (κ1) is 15.8. The molecule has 0 saturated carbocycles. The standard InChI is InChI=1S/C17H25NO3/c1-12(2)17(16(19)20)7-8-18(11-17)10-14-9-13(3)5-6-15(14)21-4/h5-6,9,12H,7-8,10-11H2,1-4H3,(H,19,20). The molecule has 0 aromatic heterocycles. The molecule has 0 amide bonds. The van der Waals surface area contributed by atoms with Gasteiger partial charge in [-0.1, -0.05) is 31.5 Å². The van der Waals surface area contributed by atoms with E-state index >= 15 is 0 Å². The Morgan fingerprint density at radius 3 is 2.71 bits per heavy atom. The third-order valence-electron chi connectivity index (χ3n) is 4.74. The Kier molecular flexibility index (Phi) is 4.57. The number of nitrogens with zero attached hydrogens (tertiary/aromatic N) is 1. The number of likely N-dealkylation sites (tertiary alicyclic amines) is 1. The number of hydrogen-bond acceptors (Lipinski definition) is 3. The number of hydrogen-bond donors (Lipinski definition) is 1. The topological polar surface area (TPSA) is 49.8 Å². The van der Waals surface area contributed by atoms with Crippen LogP contribution in [0.5, 0.6) is 5.75 Å². The third-order valence-corrected chi connectivity index (χ3v) is 4.74. The van der Waals surface area contributed by atoms with E-state index in [-0.39, 0.29) is 5.92 Å². The van der Waals surface area contributed by atoms with Gasteiger partial charge in [-0.3, -0.25) is 9.69 Å². The van der Waals surface area contributed by atoms with Crippen molar-refractivity contribution in [2.24, 2.45) is 11.3 Å². The maximum absolute atomic E-state index is 11.7. The monoisotopic (exact) mass is 291 g/mol. The molecule has 0 aliphatic carbocycles. The molecule has 1 unspecified atom stereocenters. The normalized spacial score (nSPS) is 22.7. The molecule has 21 heavy (non-hydrogen) atoms. The summed E-state index contributed by atoms with van der Waals surface area (Å²) >= 11 is 0. The third kappa shape index (κ3) is 3.05. The van der Waals surface area contributed by atoms with Gasteiger partial charge in [0.25, 0.3) is 0 Å². The summed E-state index contributed by atoms with van der Waals surface area (Å²) in [5.74, 6) is 0.341. The summed E-state index contributed by atoms with van der Waals surface area (Å²) in [6.07, 6.45) is 0.716. The Morgan fingerprint density at radius 2 is 2.19 bits per heavy atom. The smallest absolute Gasteiger partial charge is 0.311 e. The Bertz CT molecular complexity index is 527. The van der Waals surface area contributed by atoms with Crippen LogP contribution in [0.15, 0.2) is 18.2 Å². The minimum absolute atomic E-state index is 0.138. The summed E-state index contributed by atoms with van der Waals surface area (Å²) in [7, 11) is 1.67. The number of carboxylic acids is 1. The highest BCUT2D eigenvalue weighted by Crippen LogP contribution is 2.39. The maximum atomic E-state index is 11.7. The molecule has 0 radical (unpaired) electrons. The Morgan fingerprint density at radius 1 is 1.48 bits per heavy atom. The Balaban J connectivity index is 2.16. The van der Waals surface area contributed by atoms with Crippen LogP contribution >= 0.6 is 0 Å². The molecule has 0 spiro atoms. The lowest BCUT2D eigenvalue weighted by atomic mass is 9.76. The summed E-state index contributed by atoms with van der Waals surface area (Å²) in [4.78, 5) is 13.9. The minimum Gasteiger partial charge on any atom is -0.496 e. The predicted molar refractivity (Wildman–Crippen MR) is 82.5 cm³/mol. The van der Waals surface area contributed by atoms with Crippen LogP contribution in [0.25, 0.3) is 0 Å². The molecule has 1 aromatic carbocycles. The van der Waals surface area contributed by atoms with Gasteiger partial charge in [0.15, 0.2) is 0 Å². The molecule has 4 heteroatoms. The predicted octanol–water partition coefficient (Wildman–Crippen LogP) is 2.94. The van der Waals surface area contributed by atoms with Crippen LogP contribution in [-0.2, 0) is 11.3 Å². The van der Waals surface area contributed by atoms with Crippen LogP contribution in [0.3, 0.4) is 0 Å². The largest absolute Gasteiger partial charge is 0.496 e. The molecule has 1 heterocycles. The van der Waals surface area contributed by atoms with E-state index in [4.69, 9.17) is 4.74 Å². The highest BCUT2D eigenvalue weighted by molar-refractivity contribution is 5.75. The van der Waals surface area contributed by atoms with Crippen LogP contribution in [0, 0.1) is 18.3 Å². The molecular formula is C17H25NO3. The van der Waals surface area contributed by atoms with Gasteiger partial charge >= 0.3 is 5.97 Å². The molecular weight excluding hydrogens is 266 g/mol. The van der Waals surface area contributed by atoms with E-state index in [1.165, 1.54) is 5.56 Å². The second-order valence-corrected chi connectivity index (χ2v) is 6.39. The van der Waals surface area contributed by atoms with Gasteiger partial charge in [0, 0.05) is 18.7 Å². The molecule has 1 aliphatic rings. The Hall–Kier alpha value is -1.55. The highest BCUT2D eigenvalue weighted by atomic mass is 16.5. The average molecular weight is 291 g/mol. The van der Waals surface area contributed by atoms with E-state index in [1.807, 2.05) is 26.0 Å². The molecule has 116 valence electrons. The van der Waals surface area contributed by atoms with Crippen LogP contribution in [-0.4, -0.2) is 36.2 Å². The minimum atomic E-state index is -0.670. The summed E-state index contributed by atoms with van der Waals surface area (Å²) < 4.78 is 5.41. The highest BCUT2D eigenvalue weighted by Gasteiger charge is 2.47. The van der Waals surface area contributed by atoms with Gasteiger partial charge in [0.2, 0.25) is 0 Å². The van der Waals surface area contributed by atoms with Crippen LogP contribution in [0.4, 0.5) is 0 Å². The summed E-state index contributed by atoms with van der Waals surface area (Å²) in [5.41, 5.74) is 1.71. The molecule has 1 aromatic rings. The molecule has 1 atom stereocenters. The first-order valence-corrected chi connectivity index (χ1v) is 7.48. The van der Waals surface area contributed by atoms with Gasteiger partial charge in [0.1, 0.15) is 5.75 Å². The summed E-state index contributed by atoms with van der Waals surface area (Å²) in [6, 6.07) is 6.13. The summed E-state index contributed by atoms with van der Waals surface area (Å²) in [6.45, 7) is 8.24. The maximum Gasteiger partial charge on any atom is 0.311 e. The Labute approximate surface area is 126 Å². The van der Waals surface area contributed by atoms with Crippen molar-refractivity contribution in [1.29, 1.82) is 0 Å². The lowest BCUT2D eigenvalue weighted by Gasteiger charge is -2.29. The van der Waals surface area contributed by atoms with E-state index in [0.717, 1.165) is 24.4 Å². The van der Waals surface area contributed by atoms with E-state index in [2.05, 4.69) is 17.9 Å². The molecule has 1 fully saturated rings. The molecule has 0 bridgehead atoms. The lowest BCUT2D eigenvalue weighted by Crippen LogP contribution is -2.39. The number of methoxy groups -OCH3 is 1. The van der Waals surface area contributed by atoms with E-state index in [9.17, 15) is 9.90 Å². The van der Waals surface area contributed by atoms with Crippen molar-refractivity contribution in [3.8, 4) is 5.75 Å². The van der Waals surface area contributed by atoms with Crippen LogP contribution < -0.4 is 4.74 Å². The van der Waals surface area contributed by atoms with Crippen molar-refractivity contribution in [3.05, 3.63) is 29.3 Å². The molecule has 1 saturated heterocycles. The van der Waals surface area contributed by atoms with Crippen LogP contribution in [0.1, 0.15) is 31.4 Å². The number of benzene rings is 1. The van der Waals surface area contributed by atoms with Gasteiger partial charge < -0.3 is 9.84 Å². The second-order valence-electron chi connectivity index (χ2n) is 6.39. The van der Waals surface area contributed by atoms with Crippen molar-refractivity contribution < 1.29 is 14.6 Å². The number of aliphatic carboxylic acids is 1. The number of rotatable bonds is 5. The van der Waals surface area contributed by atoms with Gasteiger partial charge in [-0.05, 0) is 31.9 Å². The van der Waals surface area contributed by atoms with E-state index in [0.29, 0.717) is 13.0 Å². The zero-order chi connectivity index (χ0) is 15.6. The van der Waals surface area contributed by atoms with E-state index < -0.39 is 11.4 Å². The van der Waals surface area contributed by atoms with E-state index in [1.54, 1.807) is 7.11 Å². The quantitative estimate of drug-likeness (QED) is 0.906. The van der Waals surface area contributed by atoms with Gasteiger partial charge in [-0.15, -0.1) is 0 Å². The van der Waals surface area contributed by atoms with Gasteiger partial charge in [-0.25, -0.2) is 0 Å². The number of carboxylic acid groups (broad SMARTS) is 1. The molecule has 4 nitrogen and oxygen atoms in total. The van der Waals surface area contributed by atoms with Crippen molar-refractivity contribution in [2.75, 3.05) is 20.2 Å². The zero-order valence-corrected chi connectivity index (χ0v) is 13.3. The van der Waals surface area contributed by atoms with Gasteiger partial charge in [-0.2, -0.15) is 0 Å². The van der Waals surface area contributed by atoms with Crippen LogP contribution in [0.2, 0.25) is 0 Å².